The highest BCUT2D eigenvalue weighted by atomic mass is 31.2. The van der Waals surface area contributed by atoms with Crippen molar-refractivity contribution in [2.45, 2.75) is 355 Å². The zero-order chi connectivity index (χ0) is 63.6. The van der Waals surface area contributed by atoms with Crippen molar-refractivity contribution in [2.75, 3.05) is 39.6 Å². The van der Waals surface area contributed by atoms with Gasteiger partial charge in [-0.1, -0.05) is 286 Å². The zero-order valence-corrected chi connectivity index (χ0v) is 57.4. The predicted octanol–water partition coefficient (Wildman–Crippen LogP) is 18.8. The third kappa shape index (κ3) is 60.9. The molecule has 0 amide bonds. The minimum atomic E-state index is -4.95. The van der Waals surface area contributed by atoms with Gasteiger partial charge in [0.2, 0.25) is 0 Å². The number of unbranched alkanes of at least 4 members (excludes halogenated alkanes) is 36. The Hall–Kier alpha value is -1.94. The van der Waals surface area contributed by atoms with Gasteiger partial charge < -0.3 is 33.8 Å². The van der Waals surface area contributed by atoms with Crippen molar-refractivity contribution >= 4 is 39.5 Å². The first-order valence-electron chi connectivity index (χ1n) is 35.0. The van der Waals surface area contributed by atoms with Gasteiger partial charge >= 0.3 is 39.5 Å². The number of hydrogen-bond acceptors (Lipinski definition) is 15. The molecule has 0 aromatic heterocycles. The van der Waals surface area contributed by atoms with Crippen molar-refractivity contribution in [2.24, 2.45) is 11.8 Å². The summed E-state index contributed by atoms with van der Waals surface area (Å²) in [7, 11) is -9.89. The van der Waals surface area contributed by atoms with Crippen LogP contribution in [-0.4, -0.2) is 96.7 Å². The second kappa shape index (κ2) is 59.4. The fourth-order valence-electron chi connectivity index (χ4n) is 10.1. The van der Waals surface area contributed by atoms with E-state index in [1.165, 1.54) is 154 Å². The van der Waals surface area contributed by atoms with Crippen molar-refractivity contribution in [3.63, 3.8) is 0 Å². The Labute approximate surface area is 524 Å². The number of rotatable bonds is 66. The average molecular weight is 1270 g/mol. The molecule has 0 rings (SSSR count). The molecule has 3 N–H and O–H groups in total. The molecule has 0 bridgehead atoms. The highest BCUT2D eigenvalue weighted by Crippen LogP contribution is 2.45. The Morgan fingerprint density at radius 3 is 0.791 bits per heavy atom. The smallest absolute Gasteiger partial charge is 0.462 e. The van der Waals surface area contributed by atoms with Crippen LogP contribution in [0.1, 0.15) is 337 Å². The lowest BCUT2D eigenvalue weighted by Crippen LogP contribution is -2.30. The van der Waals surface area contributed by atoms with Gasteiger partial charge in [0.05, 0.1) is 26.4 Å². The van der Waals surface area contributed by atoms with Gasteiger partial charge in [0.1, 0.15) is 19.3 Å². The number of ether oxygens (including phenoxy) is 4. The summed E-state index contributed by atoms with van der Waals surface area (Å²) < 4.78 is 68.1. The summed E-state index contributed by atoms with van der Waals surface area (Å²) >= 11 is 0. The number of esters is 4. The summed E-state index contributed by atoms with van der Waals surface area (Å²) in [4.78, 5) is 72.3. The molecule has 0 saturated heterocycles. The van der Waals surface area contributed by atoms with E-state index in [1.807, 2.05) is 0 Å². The number of aliphatic hydroxyl groups is 1. The summed E-state index contributed by atoms with van der Waals surface area (Å²) in [6.07, 6.45) is 43.2. The SMILES string of the molecule is CCCCCCCCCCCCCCCCCCC(=O)O[C@H](COC(=O)CCCCCCCCCCCC(C)C)COP(=O)(O)OC[C@@H](O)COP(=O)(O)OC[C@@H](COC(=O)CCCCCCCCCCC)OC(=O)CCCCCCCCC(C)C. The first-order valence-corrected chi connectivity index (χ1v) is 38.0. The van der Waals surface area contributed by atoms with Gasteiger partial charge in [0, 0.05) is 25.7 Å². The van der Waals surface area contributed by atoms with Crippen LogP contribution in [0.15, 0.2) is 0 Å². The highest BCUT2D eigenvalue weighted by molar-refractivity contribution is 7.47. The summed E-state index contributed by atoms with van der Waals surface area (Å²) in [5.41, 5.74) is 0. The molecule has 0 heterocycles. The van der Waals surface area contributed by atoms with E-state index >= 15 is 0 Å². The number of hydrogen-bond donors (Lipinski definition) is 3. The van der Waals surface area contributed by atoms with Crippen molar-refractivity contribution in [1.29, 1.82) is 0 Å². The topological polar surface area (TPSA) is 237 Å². The van der Waals surface area contributed by atoms with Gasteiger partial charge in [0.25, 0.3) is 0 Å². The van der Waals surface area contributed by atoms with E-state index in [2.05, 4.69) is 41.5 Å². The van der Waals surface area contributed by atoms with E-state index in [1.54, 1.807) is 0 Å². The van der Waals surface area contributed by atoms with Gasteiger partial charge in [-0.2, -0.15) is 0 Å². The molecule has 17 nitrogen and oxygen atoms in total. The largest absolute Gasteiger partial charge is 0.472 e. The van der Waals surface area contributed by atoms with Gasteiger partial charge in [-0.05, 0) is 37.5 Å². The fourth-order valence-corrected chi connectivity index (χ4v) is 11.6. The highest BCUT2D eigenvalue weighted by Gasteiger charge is 2.30. The summed E-state index contributed by atoms with van der Waals surface area (Å²) in [5.74, 6) is -0.720. The molecule has 0 radical (unpaired) electrons. The number of aliphatic hydroxyl groups excluding tert-OH is 1. The lowest BCUT2D eigenvalue weighted by Gasteiger charge is -2.21. The van der Waals surface area contributed by atoms with E-state index in [0.717, 1.165) is 95.8 Å². The summed E-state index contributed by atoms with van der Waals surface area (Å²) in [6.45, 7) is 9.40. The Bertz CT molecular complexity index is 1680. The first-order chi connectivity index (χ1) is 41.4. The third-order valence-corrected chi connectivity index (χ3v) is 17.4. The molecular formula is C67H130O17P2. The molecule has 0 aliphatic carbocycles. The van der Waals surface area contributed by atoms with Gasteiger partial charge in [-0.15, -0.1) is 0 Å². The van der Waals surface area contributed by atoms with Gasteiger partial charge in [-0.25, -0.2) is 9.13 Å². The van der Waals surface area contributed by atoms with Crippen LogP contribution in [0.4, 0.5) is 0 Å². The average Bonchev–Trinajstić information content (AvgIpc) is 3.57. The molecule has 0 aliphatic heterocycles. The maximum Gasteiger partial charge on any atom is 0.472 e. The molecule has 0 aromatic rings. The van der Waals surface area contributed by atoms with Crippen LogP contribution >= 0.6 is 15.6 Å². The molecule has 86 heavy (non-hydrogen) atoms. The monoisotopic (exact) mass is 1270 g/mol. The maximum atomic E-state index is 13.0. The molecule has 0 saturated carbocycles. The van der Waals surface area contributed by atoms with Crippen LogP contribution in [0.5, 0.6) is 0 Å². The van der Waals surface area contributed by atoms with Gasteiger partial charge in [0.15, 0.2) is 12.2 Å². The van der Waals surface area contributed by atoms with Crippen molar-refractivity contribution < 1.29 is 80.2 Å². The van der Waals surface area contributed by atoms with Crippen LogP contribution in [-0.2, 0) is 65.4 Å². The Morgan fingerprint density at radius 2 is 0.535 bits per heavy atom. The van der Waals surface area contributed by atoms with Crippen LogP contribution in [0.2, 0.25) is 0 Å². The number of carbonyl (C=O) groups excluding carboxylic acids is 4. The molecule has 19 heteroatoms. The standard InChI is InChI=1S/C67H130O17P2/c1-7-9-11-13-15-17-18-19-20-21-22-23-27-32-39-45-51-66(71)83-62(55-78-65(70)50-44-38-31-28-24-26-29-35-41-47-59(3)4)57-81-85(73,74)79-53-61(68)54-80-86(75,76)82-58-63(84-67(72)52-46-40-34-33-36-42-48-60(5)6)56-77-64(69)49-43-37-30-25-16-14-12-10-8-2/h59-63,68H,7-58H2,1-6H3,(H,73,74)(H,75,76)/t61-,62-,63-/m1/s1. The fraction of sp³-hybridized carbons (Fsp3) is 0.940. The zero-order valence-electron chi connectivity index (χ0n) is 55.6. The number of phosphoric acid groups is 2. The van der Waals surface area contributed by atoms with Crippen LogP contribution < -0.4 is 0 Å². The van der Waals surface area contributed by atoms with Crippen molar-refractivity contribution in [3.05, 3.63) is 0 Å². The second-order valence-corrected chi connectivity index (χ2v) is 28.1. The molecule has 0 aromatic carbocycles. The molecule has 5 atom stereocenters. The molecule has 510 valence electrons. The Balaban J connectivity index is 5.22. The third-order valence-electron chi connectivity index (χ3n) is 15.5. The van der Waals surface area contributed by atoms with Crippen molar-refractivity contribution in [1.82, 2.24) is 0 Å². The molecular weight excluding hydrogens is 1140 g/mol. The van der Waals surface area contributed by atoms with Crippen LogP contribution in [0.3, 0.4) is 0 Å². The first kappa shape index (κ1) is 84.1. The minimum Gasteiger partial charge on any atom is -0.462 e. The minimum absolute atomic E-state index is 0.102. The summed E-state index contributed by atoms with van der Waals surface area (Å²) in [5, 5.41) is 10.5. The molecule has 0 fully saturated rings. The Morgan fingerprint density at radius 1 is 0.314 bits per heavy atom. The lowest BCUT2D eigenvalue weighted by molar-refractivity contribution is -0.161. The van der Waals surface area contributed by atoms with E-state index in [4.69, 9.17) is 37.0 Å². The predicted molar refractivity (Wildman–Crippen MR) is 345 cm³/mol. The molecule has 0 spiro atoms. The quantitative estimate of drug-likeness (QED) is 0.0222. The van der Waals surface area contributed by atoms with Gasteiger partial charge in [-0.3, -0.25) is 37.3 Å². The number of carbonyl (C=O) groups is 4. The second-order valence-electron chi connectivity index (χ2n) is 25.2. The molecule has 0 aliphatic rings. The Kier molecular flexibility index (Phi) is 58.0. The molecule has 2 unspecified atom stereocenters. The maximum absolute atomic E-state index is 13.0. The van der Waals surface area contributed by atoms with E-state index < -0.39 is 97.5 Å². The van der Waals surface area contributed by atoms with E-state index in [-0.39, 0.29) is 25.7 Å². The van der Waals surface area contributed by atoms with Crippen LogP contribution in [0.25, 0.3) is 0 Å². The van der Waals surface area contributed by atoms with Crippen molar-refractivity contribution in [3.8, 4) is 0 Å². The lowest BCUT2D eigenvalue weighted by atomic mass is 10.0. The summed E-state index contributed by atoms with van der Waals surface area (Å²) in [6, 6.07) is 0. The number of phosphoric ester groups is 2. The van der Waals surface area contributed by atoms with E-state index in [0.29, 0.717) is 31.6 Å². The normalized spacial score (nSPS) is 14.2. The van der Waals surface area contributed by atoms with E-state index in [9.17, 15) is 43.2 Å². The van der Waals surface area contributed by atoms with Crippen LogP contribution in [0, 0.1) is 11.8 Å².